The van der Waals surface area contributed by atoms with E-state index in [0.29, 0.717) is 4.59 Å². The molecule has 0 radical (unpaired) electrons. The quantitative estimate of drug-likeness (QED) is 0.415. The van der Waals surface area contributed by atoms with Crippen molar-refractivity contribution in [2.45, 2.75) is 0 Å². The van der Waals surface area contributed by atoms with Gasteiger partial charge in [0.2, 0.25) is 0 Å². The number of rotatable bonds is 3. The molecular formula is C28H28N5OS+. The summed E-state index contributed by atoms with van der Waals surface area (Å²) in [5.41, 5.74) is 5.54. The second-order valence-corrected chi connectivity index (χ2v) is 10.7. The van der Waals surface area contributed by atoms with Crippen LogP contribution in [0.1, 0.15) is 0 Å². The molecule has 0 unspecified atom stereocenters. The lowest BCUT2D eigenvalue weighted by Crippen LogP contribution is -2.60. The van der Waals surface area contributed by atoms with Gasteiger partial charge in [-0.1, -0.05) is 36.4 Å². The number of piperazine rings is 1. The highest BCUT2D eigenvalue weighted by atomic mass is 32.2. The summed E-state index contributed by atoms with van der Waals surface area (Å²) < 4.78 is 0.660. The number of amides is 1. The van der Waals surface area contributed by atoms with Gasteiger partial charge in [-0.2, -0.15) is 4.59 Å². The van der Waals surface area contributed by atoms with Gasteiger partial charge in [-0.15, -0.1) is 16.8 Å². The van der Waals surface area contributed by atoms with Gasteiger partial charge in [-0.25, -0.2) is 4.98 Å². The number of anilines is 1. The van der Waals surface area contributed by atoms with E-state index < -0.39 is 0 Å². The summed E-state index contributed by atoms with van der Waals surface area (Å²) in [4.78, 5) is 22.6. The van der Waals surface area contributed by atoms with Gasteiger partial charge in [-0.3, -0.25) is 4.79 Å². The molecule has 2 fully saturated rings. The zero-order valence-corrected chi connectivity index (χ0v) is 20.5. The number of carbonyl (C=O) groups is 1. The van der Waals surface area contributed by atoms with Crippen LogP contribution in [0.4, 0.5) is 5.69 Å². The molecule has 5 heterocycles. The van der Waals surface area contributed by atoms with E-state index in [1.54, 1.807) is 0 Å². The van der Waals surface area contributed by atoms with Crippen molar-refractivity contribution in [2.24, 2.45) is 0 Å². The second kappa shape index (κ2) is 8.22. The van der Waals surface area contributed by atoms with Crippen LogP contribution in [-0.4, -0.2) is 76.3 Å². The Balaban J connectivity index is 1.16. The Kier molecular flexibility index (Phi) is 4.98. The molecule has 6 nitrogen and oxygen atoms in total. The van der Waals surface area contributed by atoms with Crippen LogP contribution in [-0.2, 0) is 4.79 Å². The van der Waals surface area contributed by atoms with E-state index in [2.05, 4.69) is 82.9 Å². The molecule has 0 saturated carbocycles. The number of carbonyl (C=O) groups excluding carboxylic acids is 1. The highest BCUT2D eigenvalue weighted by Crippen LogP contribution is 2.39. The number of para-hydroxylation sites is 2. The van der Waals surface area contributed by atoms with E-state index in [1.165, 1.54) is 22.2 Å². The van der Waals surface area contributed by atoms with Gasteiger partial charge < -0.3 is 9.80 Å². The zero-order chi connectivity index (χ0) is 23.4. The molecule has 1 atom stereocenters. The molecule has 35 heavy (non-hydrogen) atoms. The summed E-state index contributed by atoms with van der Waals surface area (Å²) in [5, 5.41) is 4.97. The molecule has 4 aliphatic heterocycles. The maximum absolute atomic E-state index is 13.1. The van der Waals surface area contributed by atoms with Crippen molar-refractivity contribution in [1.82, 2.24) is 14.9 Å². The van der Waals surface area contributed by atoms with Crippen LogP contribution in [0.2, 0.25) is 0 Å². The molecule has 0 aliphatic carbocycles. The number of hydrogen-bond donors (Lipinski definition) is 0. The molecule has 7 heteroatoms. The number of fused-ring (bicyclic) bond motifs is 3. The number of nitrogens with zero attached hydrogens (tertiary/aromatic N) is 5. The molecule has 0 spiro atoms. The predicted molar refractivity (Wildman–Crippen MR) is 143 cm³/mol. The summed E-state index contributed by atoms with van der Waals surface area (Å²) >= 11 is 1.84. The minimum absolute atomic E-state index is 0.213. The van der Waals surface area contributed by atoms with E-state index in [0.717, 1.165) is 67.5 Å². The first-order valence-electron chi connectivity index (χ1n) is 12.4. The van der Waals surface area contributed by atoms with Crippen molar-refractivity contribution < 1.29 is 9.39 Å². The van der Waals surface area contributed by atoms with Gasteiger partial charge in [0.15, 0.2) is 5.70 Å². The minimum atomic E-state index is 0.213. The fourth-order valence-electron chi connectivity index (χ4n) is 5.99. The van der Waals surface area contributed by atoms with Gasteiger partial charge in [0.05, 0.1) is 41.3 Å². The third-order valence-electron chi connectivity index (χ3n) is 7.73. The molecule has 0 bridgehead atoms. The van der Waals surface area contributed by atoms with Crippen LogP contribution in [0.15, 0.2) is 84.2 Å². The highest BCUT2D eigenvalue weighted by Gasteiger charge is 2.48. The fraction of sp³-hybridized carbons (Fsp3) is 0.286. The Morgan fingerprint density at radius 1 is 0.914 bits per heavy atom. The number of hydrogen-bond acceptors (Lipinski definition) is 5. The molecule has 2 aromatic carbocycles. The van der Waals surface area contributed by atoms with Crippen LogP contribution < -0.4 is 4.90 Å². The second-order valence-electron chi connectivity index (χ2n) is 9.63. The van der Waals surface area contributed by atoms with Crippen LogP contribution >= 0.6 is 11.8 Å². The number of quaternary nitrogens is 1. The summed E-state index contributed by atoms with van der Waals surface area (Å²) in [6, 6.07) is 17.0. The maximum Gasteiger partial charge on any atom is 0.256 e. The normalized spacial score (nSPS) is 24.3. The SMILES string of the molecule is O=C(C1=CC2=CC=C[N@@+]2(N2CCN(c3c4ccccc4nc4ccccc34)CC2)C1)N1CCSC1. The monoisotopic (exact) mass is 482 g/mol. The van der Waals surface area contributed by atoms with E-state index in [9.17, 15) is 4.79 Å². The van der Waals surface area contributed by atoms with E-state index >= 15 is 0 Å². The van der Waals surface area contributed by atoms with E-state index in [4.69, 9.17) is 4.98 Å². The van der Waals surface area contributed by atoms with Crippen molar-refractivity contribution in [1.29, 1.82) is 0 Å². The Bertz CT molecular complexity index is 1380. The van der Waals surface area contributed by atoms with Crippen LogP contribution in [0, 0.1) is 0 Å². The summed E-state index contributed by atoms with van der Waals surface area (Å²) in [5.74, 6) is 2.07. The lowest BCUT2D eigenvalue weighted by Gasteiger charge is -2.44. The van der Waals surface area contributed by atoms with Crippen molar-refractivity contribution >= 4 is 45.2 Å². The van der Waals surface area contributed by atoms with Crippen LogP contribution in [0.3, 0.4) is 0 Å². The Labute approximate surface area is 209 Å². The Hall–Kier alpha value is -3.13. The first kappa shape index (κ1) is 21.2. The van der Waals surface area contributed by atoms with Gasteiger partial charge in [0.1, 0.15) is 12.7 Å². The molecule has 1 aromatic heterocycles. The van der Waals surface area contributed by atoms with Gasteiger partial charge in [-0.05, 0) is 18.2 Å². The molecular weight excluding hydrogens is 454 g/mol. The topological polar surface area (TPSA) is 39.7 Å². The average molecular weight is 483 g/mol. The van der Waals surface area contributed by atoms with Crippen molar-refractivity contribution in [3.05, 3.63) is 84.2 Å². The molecule has 7 rings (SSSR count). The molecule has 2 saturated heterocycles. The lowest BCUT2D eigenvalue weighted by molar-refractivity contribution is -0.948. The van der Waals surface area contributed by atoms with E-state index in [-0.39, 0.29) is 5.91 Å². The minimum Gasteiger partial charge on any atom is -0.367 e. The molecule has 0 N–H and O–H groups in total. The highest BCUT2D eigenvalue weighted by molar-refractivity contribution is 7.99. The first-order chi connectivity index (χ1) is 17.2. The first-order valence-corrected chi connectivity index (χ1v) is 13.5. The van der Waals surface area contributed by atoms with Gasteiger partial charge >= 0.3 is 0 Å². The smallest absolute Gasteiger partial charge is 0.256 e. The number of pyridine rings is 1. The third-order valence-corrected chi connectivity index (χ3v) is 8.70. The fourth-order valence-corrected chi connectivity index (χ4v) is 6.93. The van der Waals surface area contributed by atoms with Crippen LogP contribution in [0.25, 0.3) is 21.8 Å². The number of aromatic nitrogens is 1. The van der Waals surface area contributed by atoms with Crippen LogP contribution in [0.5, 0.6) is 0 Å². The average Bonchev–Trinajstić information content (AvgIpc) is 3.64. The van der Waals surface area contributed by atoms with Crippen molar-refractivity contribution in [3.8, 4) is 0 Å². The largest absolute Gasteiger partial charge is 0.367 e. The zero-order valence-electron chi connectivity index (χ0n) is 19.6. The molecule has 176 valence electrons. The number of benzene rings is 2. The maximum atomic E-state index is 13.1. The predicted octanol–water partition coefficient (Wildman–Crippen LogP) is 4.13. The third kappa shape index (κ3) is 3.33. The van der Waals surface area contributed by atoms with Gasteiger partial charge in [0, 0.05) is 48.3 Å². The summed E-state index contributed by atoms with van der Waals surface area (Å²) in [6.07, 6.45) is 8.73. The summed E-state index contributed by atoms with van der Waals surface area (Å²) in [6.45, 7) is 5.32. The molecule has 1 amide bonds. The standard InChI is InChI=1S/C28H28N5OS/c34-28(31-15-17-35-20-31)21-18-22-6-5-16-33(22,19-21)32-13-11-30(12-14-32)27-23-7-1-3-9-25(23)29-26-10-4-2-8-24(26)27/h1-10,16,18H,11-15,17,19-20H2/q+1/t33-/m1/s1. The summed E-state index contributed by atoms with van der Waals surface area (Å²) in [7, 11) is 0. The Morgan fingerprint density at radius 2 is 1.63 bits per heavy atom. The number of thioether (sulfide) groups is 1. The molecule has 4 aliphatic rings. The number of allylic oxidation sites excluding steroid dienone is 3. The van der Waals surface area contributed by atoms with Crippen molar-refractivity contribution in [2.75, 3.05) is 55.8 Å². The van der Waals surface area contributed by atoms with Gasteiger partial charge in [0.25, 0.3) is 5.91 Å². The Morgan fingerprint density at radius 3 is 2.31 bits per heavy atom. The molecule has 3 aromatic rings. The van der Waals surface area contributed by atoms with Crippen molar-refractivity contribution in [3.63, 3.8) is 0 Å². The van der Waals surface area contributed by atoms with E-state index in [1.807, 2.05) is 16.7 Å². The lowest BCUT2D eigenvalue weighted by atomic mass is 10.1.